The van der Waals surface area contributed by atoms with Gasteiger partial charge in [-0.1, -0.05) is 44.7 Å². The lowest BCUT2D eigenvalue weighted by Crippen LogP contribution is -2.11. The van der Waals surface area contributed by atoms with E-state index in [-0.39, 0.29) is 11.8 Å². The molecule has 0 amide bonds. The van der Waals surface area contributed by atoms with E-state index in [4.69, 9.17) is 5.41 Å². The maximum absolute atomic E-state index is 13.2. The monoisotopic (exact) mass is 285 g/mol. The van der Waals surface area contributed by atoms with Gasteiger partial charge in [-0.25, -0.2) is 4.39 Å². The van der Waals surface area contributed by atoms with E-state index in [2.05, 4.69) is 32.2 Å². The fourth-order valence-corrected chi connectivity index (χ4v) is 3.23. The largest absolute Gasteiger partial charge is 0.309 e. The lowest BCUT2D eigenvalue weighted by Gasteiger charge is -2.19. The van der Waals surface area contributed by atoms with Crippen LogP contribution in [0.25, 0.3) is 0 Å². The average Bonchev–Trinajstić information content (AvgIpc) is 3.00. The molecule has 2 atom stereocenters. The van der Waals surface area contributed by atoms with Crippen molar-refractivity contribution < 1.29 is 4.39 Å². The summed E-state index contributed by atoms with van der Waals surface area (Å²) in [6.45, 7) is 13.4. The van der Waals surface area contributed by atoms with Crippen LogP contribution in [0.1, 0.15) is 33.6 Å². The van der Waals surface area contributed by atoms with E-state index >= 15 is 0 Å². The van der Waals surface area contributed by atoms with Gasteiger partial charge in [0.05, 0.1) is 0 Å². The van der Waals surface area contributed by atoms with Crippen LogP contribution in [0.2, 0.25) is 0 Å². The van der Waals surface area contributed by atoms with Gasteiger partial charge in [-0.15, -0.1) is 0 Å². The van der Waals surface area contributed by atoms with Crippen molar-refractivity contribution in [2.24, 2.45) is 11.8 Å². The number of alkyl halides is 1. The molecule has 1 N–H and O–H groups in total. The van der Waals surface area contributed by atoms with E-state index in [1.807, 2.05) is 13.8 Å². The lowest BCUT2D eigenvalue weighted by molar-refractivity contribution is 0.542. The zero-order chi connectivity index (χ0) is 15.7. The minimum Gasteiger partial charge on any atom is -0.309 e. The molecule has 1 nitrogen and oxygen atoms in total. The van der Waals surface area contributed by atoms with Gasteiger partial charge in [0.1, 0.15) is 6.67 Å². The molecule has 0 saturated heterocycles. The van der Waals surface area contributed by atoms with Crippen molar-refractivity contribution >= 4 is 5.71 Å². The van der Waals surface area contributed by atoms with Crippen LogP contribution in [-0.2, 0) is 0 Å². The van der Waals surface area contributed by atoms with Crippen molar-refractivity contribution in [1.29, 1.82) is 5.41 Å². The first-order valence-electron chi connectivity index (χ1n) is 7.51. The fourth-order valence-electron chi connectivity index (χ4n) is 3.23. The van der Waals surface area contributed by atoms with E-state index in [1.54, 1.807) is 0 Å². The highest BCUT2D eigenvalue weighted by atomic mass is 19.1. The summed E-state index contributed by atoms with van der Waals surface area (Å²) in [5.74, 6) is 0.219. The Balaban J connectivity index is 2.57. The van der Waals surface area contributed by atoms with Crippen LogP contribution < -0.4 is 0 Å². The van der Waals surface area contributed by atoms with Crippen LogP contribution in [0.4, 0.5) is 4.39 Å². The molecule has 2 heteroatoms. The van der Waals surface area contributed by atoms with Crippen molar-refractivity contribution in [3.63, 3.8) is 0 Å². The van der Waals surface area contributed by atoms with Crippen molar-refractivity contribution in [3.05, 3.63) is 58.7 Å². The first kappa shape index (κ1) is 15.7. The molecule has 2 aliphatic carbocycles. The van der Waals surface area contributed by atoms with Gasteiger partial charge in [0, 0.05) is 17.5 Å². The highest BCUT2D eigenvalue weighted by molar-refractivity contribution is 5.86. The van der Waals surface area contributed by atoms with E-state index in [1.165, 1.54) is 5.57 Å². The number of rotatable bonds is 5. The third kappa shape index (κ3) is 2.85. The zero-order valence-electron chi connectivity index (χ0n) is 13.2. The average molecular weight is 285 g/mol. The summed E-state index contributed by atoms with van der Waals surface area (Å²) in [6.07, 6.45) is 6.22. The molecule has 0 aromatic rings. The second kappa shape index (κ2) is 5.97. The van der Waals surface area contributed by atoms with Gasteiger partial charge in [0.25, 0.3) is 0 Å². The highest BCUT2D eigenvalue weighted by Gasteiger charge is 2.31. The molecule has 0 aliphatic heterocycles. The number of nitrogens with one attached hydrogen (secondary N) is 1. The summed E-state index contributed by atoms with van der Waals surface area (Å²) in [5, 5.41) is 7.95. The first-order valence-corrected chi connectivity index (χ1v) is 7.51. The normalized spacial score (nSPS) is 23.2. The Bertz CT molecular complexity index is 601. The molecule has 2 rings (SSSR count). The zero-order valence-corrected chi connectivity index (χ0v) is 13.2. The Hall–Kier alpha value is -1.70. The van der Waals surface area contributed by atoms with Crippen molar-refractivity contribution in [1.82, 2.24) is 0 Å². The molecule has 0 heterocycles. The minimum atomic E-state index is -0.517. The summed E-state index contributed by atoms with van der Waals surface area (Å²) in [5.41, 5.74) is 6.85. The van der Waals surface area contributed by atoms with Gasteiger partial charge in [0.15, 0.2) is 0 Å². The van der Waals surface area contributed by atoms with Crippen LogP contribution in [0.3, 0.4) is 0 Å². The standard InChI is InChI=1S/C19H24FN/c1-11-6-7-16(8-11)19-17(14(4)15(5)21)9-12(2)18(19)13(3)10-20/h8-9,12,14,21H,1,3,6-7,10H2,2,4-5H3/t12-,14?/m0/s1. The first-order chi connectivity index (χ1) is 9.86. The molecule has 0 aromatic heterocycles. The predicted molar refractivity (Wildman–Crippen MR) is 88.4 cm³/mol. The van der Waals surface area contributed by atoms with Gasteiger partial charge in [-0.3, -0.25) is 0 Å². The van der Waals surface area contributed by atoms with Crippen molar-refractivity contribution in [3.8, 4) is 0 Å². The molecular weight excluding hydrogens is 261 g/mol. The molecule has 21 heavy (non-hydrogen) atoms. The van der Waals surface area contributed by atoms with Crippen LogP contribution in [-0.4, -0.2) is 12.4 Å². The third-order valence-electron chi connectivity index (χ3n) is 4.52. The SMILES string of the molecule is C=C1C=C(C2=C(C(=C)CF)[C@@H](C)C=C2C(C)C(C)=N)CC1. The Labute approximate surface area is 127 Å². The maximum Gasteiger partial charge on any atom is 0.114 e. The minimum absolute atomic E-state index is 0.0575. The van der Waals surface area contributed by atoms with Gasteiger partial charge in [0.2, 0.25) is 0 Å². The van der Waals surface area contributed by atoms with E-state index in [9.17, 15) is 4.39 Å². The van der Waals surface area contributed by atoms with E-state index in [0.29, 0.717) is 11.3 Å². The molecule has 1 unspecified atom stereocenters. The number of halogens is 1. The Morgan fingerprint density at radius 3 is 2.62 bits per heavy atom. The van der Waals surface area contributed by atoms with E-state index in [0.717, 1.165) is 35.1 Å². The molecule has 0 saturated carbocycles. The fraction of sp³-hybridized carbons (Fsp3) is 0.421. The summed E-state index contributed by atoms with van der Waals surface area (Å²) >= 11 is 0. The van der Waals surface area contributed by atoms with Crippen LogP contribution >= 0.6 is 0 Å². The molecule has 0 fully saturated rings. The number of allylic oxidation sites excluding steroid dienone is 8. The topological polar surface area (TPSA) is 23.9 Å². The Kier molecular flexibility index (Phi) is 4.46. The Morgan fingerprint density at radius 2 is 2.14 bits per heavy atom. The van der Waals surface area contributed by atoms with Crippen LogP contribution in [0.5, 0.6) is 0 Å². The van der Waals surface area contributed by atoms with Gasteiger partial charge in [-0.05, 0) is 47.6 Å². The van der Waals surface area contributed by atoms with Crippen LogP contribution in [0, 0.1) is 17.2 Å². The molecule has 0 bridgehead atoms. The highest BCUT2D eigenvalue weighted by Crippen LogP contribution is 2.45. The molecule has 112 valence electrons. The number of hydrogen-bond donors (Lipinski definition) is 1. The molecule has 0 radical (unpaired) electrons. The second-order valence-corrected chi connectivity index (χ2v) is 6.17. The predicted octanol–water partition coefficient (Wildman–Crippen LogP) is 5.34. The molecule has 0 aromatic carbocycles. The van der Waals surface area contributed by atoms with Crippen LogP contribution in [0.15, 0.2) is 58.7 Å². The van der Waals surface area contributed by atoms with Gasteiger partial charge < -0.3 is 5.41 Å². The summed E-state index contributed by atoms with van der Waals surface area (Å²) in [6, 6.07) is 0. The lowest BCUT2D eigenvalue weighted by atomic mass is 9.85. The van der Waals surface area contributed by atoms with Crippen molar-refractivity contribution in [2.45, 2.75) is 33.6 Å². The summed E-state index contributed by atoms with van der Waals surface area (Å²) in [4.78, 5) is 0. The second-order valence-electron chi connectivity index (χ2n) is 6.17. The smallest absolute Gasteiger partial charge is 0.114 e. The maximum atomic E-state index is 13.2. The van der Waals surface area contributed by atoms with Gasteiger partial charge >= 0.3 is 0 Å². The molecule has 2 aliphatic rings. The van der Waals surface area contributed by atoms with Crippen molar-refractivity contribution in [2.75, 3.05) is 6.67 Å². The quantitative estimate of drug-likeness (QED) is 0.659. The summed E-state index contributed by atoms with van der Waals surface area (Å²) in [7, 11) is 0. The molecule has 0 spiro atoms. The Morgan fingerprint density at radius 1 is 1.48 bits per heavy atom. The third-order valence-corrected chi connectivity index (χ3v) is 4.52. The summed E-state index contributed by atoms with van der Waals surface area (Å²) < 4.78 is 13.2. The molecular formula is C19H24FN. The number of hydrogen-bond acceptors (Lipinski definition) is 1. The van der Waals surface area contributed by atoms with Gasteiger partial charge in [-0.2, -0.15) is 0 Å². The van der Waals surface area contributed by atoms with E-state index < -0.39 is 6.67 Å².